The number of carbonyl (C=O) groups is 1. The SMILES string of the molecule is COc1cc(NC(C)=O)ccc1NCc1nc(-c2cccs2)n[nH]1. The smallest absolute Gasteiger partial charge is 0.221 e. The van der Waals surface area contributed by atoms with Gasteiger partial charge in [-0.05, 0) is 23.6 Å². The van der Waals surface area contributed by atoms with Crippen molar-refractivity contribution in [2.45, 2.75) is 13.5 Å². The third-order valence-electron chi connectivity index (χ3n) is 3.24. The van der Waals surface area contributed by atoms with Gasteiger partial charge in [0.25, 0.3) is 0 Å². The predicted molar refractivity (Wildman–Crippen MR) is 94.3 cm³/mol. The molecular weight excluding hydrogens is 326 g/mol. The molecule has 124 valence electrons. The first-order valence-corrected chi connectivity index (χ1v) is 8.18. The summed E-state index contributed by atoms with van der Waals surface area (Å²) >= 11 is 1.60. The van der Waals surface area contributed by atoms with E-state index >= 15 is 0 Å². The molecule has 0 radical (unpaired) electrons. The minimum absolute atomic E-state index is 0.125. The van der Waals surface area contributed by atoms with Crippen LogP contribution in [0.3, 0.4) is 0 Å². The highest BCUT2D eigenvalue weighted by Crippen LogP contribution is 2.28. The number of ether oxygens (including phenoxy) is 1. The molecule has 2 aromatic heterocycles. The van der Waals surface area contributed by atoms with Crippen molar-refractivity contribution >= 4 is 28.6 Å². The third-order valence-corrected chi connectivity index (χ3v) is 4.11. The molecule has 3 aromatic rings. The summed E-state index contributed by atoms with van der Waals surface area (Å²) in [5.41, 5.74) is 1.49. The highest BCUT2D eigenvalue weighted by molar-refractivity contribution is 7.13. The van der Waals surface area contributed by atoms with Crippen LogP contribution in [0.15, 0.2) is 35.7 Å². The Bertz CT molecular complexity index is 829. The van der Waals surface area contributed by atoms with Gasteiger partial charge in [0, 0.05) is 18.7 Å². The van der Waals surface area contributed by atoms with Crippen molar-refractivity contribution in [3.63, 3.8) is 0 Å². The summed E-state index contributed by atoms with van der Waals surface area (Å²) < 4.78 is 5.36. The number of rotatable bonds is 6. The molecule has 24 heavy (non-hydrogen) atoms. The van der Waals surface area contributed by atoms with Gasteiger partial charge in [-0.25, -0.2) is 4.98 Å². The van der Waals surface area contributed by atoms with Crippen molar-refractivity contribution in [1.82, 2.24) is 15.2 Å². The molecule has 3 rings (SSSR count). The van der Waals surface area contributed by atoms with Crippen LogP contribution >= 0.6 is 11.3 Å². The van der Waals surface area contributed by atoms with Gasteiger partial charge in [0.1, 0.15) is 11.6 Å². The van der Waals surface area contributed by atoms with E-state index in [9.17, 15) is 4.79 Å². The van der Waals surface area contributed by atoms with E-state index < -0.39 is 0 Å². The number of anilines is 2. The third kappa shape index (κ3) is 3.72. The maximum atomic E-state index is 11.1. The zero-order valence-electron chi connectivity index (χ0n) is 13.3. The molecule has 0 fully saturated rings. The number of nitrogens with zero attached hydrogens (tertiary/aromatic N) is 2. The molecule has 0 spiro atoms. The number of thiophene rings is 1. The van der Waals surface area contributed by atoms with E-state index in [1.54, 1.807) is 24.5 Å². The summed E-state index contributed by atoms with van der Waals surface area (Å²) in [7, 11) is 1.58. The molecule has 0 atom stereocenters. The van der Waals surface area contributed by atoms with Gasteiger partial charge in [0.05, 0.1) is 24.2 Å². The molecule has 1 amide bonds. The predicted octanol–water partition coefficient (Wildman–Crippen LogP) is 3.11. The van der Waals surface area contributed by atoms with E-state index in [1.807, 2.05) is 29.6 Å². The second kappa shape index (κ2) is 7.14. The van der Waals surface area contributed by atoms with Crippen molar-refractivity contribution in [3.05, 3.63) is 41.5 Å². The Morgan fingerprint density at radius 2 is 2.25 bits per heavy atom. The molecule has 0 aliphatic carbocycles. The summed E-state index contributed by atoms with van der Waals surface area (Å²) in [6, 6.07) is 9.37. The molecule has 2 heterocycles. The summed E-state index contributed by atoms with van der Waals surface area (Å²) in [5.74, 6) is 1.93. The normalized spacial score (nSPS) is 10.4. The van der Waals surface area contributed by atoms with Gasteiger partial charge < -0.3 is 15.4 Å². The molecular formula is C16H17N5O2S. The number of aromatic amines is 1. The molecule has 0 saturated heterocycles. The number of hydrogen-bond donors (Lipinski definition) is 3. The van der Waals surface area contributed by atoms with Crippen LogP contribution in [0.1, 0.15) is 12.7 Å². The fraction of sp³-hybridized carbons (Fsp3) is 0.188. The van der Waals surface area contributed by atoms with E-state index in [-0.39, 0.29) is 5.91 Å². The van der Waals surface area contributed by atoms with Gasteiger partial charge in [0.15, 0.2) is 5.82 Å². The molecule has 0 aliphatic rings. The molecule has 1 aromatic carbocycles. The monoisotopic (exact) mass is 343 g/mol. The van der Waals surface area contributed by atoms with Gasteiger partial charge in [0.2, 0.25) is 5.91 Å². The van der Waals surface area contributed by atoms with E-state index in [2.05, 4.69) is 25.8 Å². The first kappa shape index (κ1) is 16.0. The minimum Gasteiger partial charge on any atom is -0.495 e. The van der Waals surface area contributed by atoms with Crippen molar-refractivity contribution in [1.29, 1.82) is 0 Å². The van der Waals surface area contributed by atoms with E-state index in [0.717, 1.165) is 16.4 Å². The van der Waals surface area contributed by atoms with Crippen LogP contribution in [0.2, 0.25) is 0 Å². The van der Waals surface area contributed by atoms with Crippen molar-refractivity contribution < 1.29 is 9.53 Å². The Balaban J connectivity index is 1.69. The lowest BCUT2D eigenvalue weighted by Gasteiger charge is -2.12. The Labute approximate surface area is 143 Å². The highest BCUT2D eigenvalue weighted by atomic mass is 32.1. The number of carbonyl (C=O) groups excluding carboxylic acids is 1. The average molecular weight is 343 g/mol. The fourth-order valence-electron chi connectivity index (χ4n) is 2.19. The topological polar surface area (TPSA) is 91.9 Å². The lowest BCUT2D eigenvalue weighted by atomic mass is 10.2. The Hall–Kier alpha value is -2.87. The zero-order valence-corrected chi connectivity index (χ0v) is 14.1. The average Bonchev–Trinajstić information content (AvgIpc) is 3.24. The molecule has 0 unspecified atom stereocenters. The van der Waals surface area contributed by atoms with Crippen LogP contribution in [0.5, 0.6) is 5.75 Å². The van der Waals surface area contributed by atoms with Crippen LogP contribution < -0.4 is 15.4 Å². The molecule has 7 nitrogen and oxygen atoms in total. The lowest BCUT2D eigenvalue weighted by Crippen LogP contribution is -2.07. The van der Waals surface area contributed by atoms with Crippen molar-refractivity contribution in [2.24, 2.45) is 0 Å². The summed E-state index contributed by atoms with van der Waals surface area (Å²) in [4.78, 5) is 16.6. The van der Waals surface area contributed by atoms with Crippen LogP contribution in [-0.4, -0.2) is 28.2 Å². The molecule has 0 bridgehead atoms. The van der Waals surface area contributed by atoms with Crippen LogP contribution in [0.4, 0.5) is 11.4 Å². The second-order valence-electron chi connectivity index (χ2n) is 5.03. The minimum atomic E-state index is -0.125. The second-order valence-corrected chi connectivity index (χ2v) is 5.98. The number of amides is 1. The Kier molecular flexibility index (Phi) is 4.76. The Morgan fingerprint density at radius 3 is 2.96 bits per heavy atom. The van der Waals surface area contributed by atoms with Gasteiger partial charge in [-0.15, -0.1) is 11.3 Å². The lowest BCUT2D eigenvalue weighted by molar-refractivity contribution is -0.114. The quantitative estimate of drug-likeness (QED) is 0.639. The van der Waals surface area contributed by atoms with Gasteiger partial charge >= 0.3 is 0 Å². The maximum absolute atomic E-state index is 11.1. The van der Waals surface area contributed by atoms with E-state index in [1.165, 1.54) is 6.92 Å². The fourth-order valence-corrected chi connectivity index (χ4v) is 2.85. The van der Waals surface area contributed by atoms with Crippen molar-refractivity contribution in [2.75, 3.05) is 17.7 Å². The van der Waals surface area contributed by atoms with Gasteiger partial charge in [-0.1, -0.05) is 6.07 Å². The van der Waals surface area contributed by atoms with Crippen LogP contribution in [0.25, 0.3) is 10.7 Å². The van der Waals surface area contributed by atoms with Crippen LogP contribution in [0, 0.1) is 0 Å². The molecule has 0 aliphatic heterocycles. The number of hydrogen-bond acceptors (Lipinski definition) is 6. The largest absolute Gasteiger partial charge is 0.495 e. The number of aromatic nitrogens is 3. The summed E-state index contributed by atoms with van der Waals surface area (Å²) in [6.45, 7) is 1.95. The van der Waals surface area contributed by atoms with E-state index in [0.29, 0.717) is 23.8 Å². The van der Waals surface area contributed by atoms with Gasteiger partial charge in [-0.3, -0.25) is 9.89 Å². The Morgan fingerprint density at radius 1 is 1.38 bits per heavy atom. The van der Waals surface area contributed by atoms with E-state index in [4.69, 9.17) is 4.74 Å². The highest BCUT2D eigenvalue weighted by Gasteiger charge is 2.09. The zero-order chi connectivity index (χ0) is 16.9. The molecule has 3 N–H and O–H groups in total. The number of methoxy groups -OCH3 is 1. The maximum Gasteiger partial charge on any atom is 0.221 e. The van der Waals surface area contributed by atoms with Crippen molar-refractivity contribution in [3.8, 4) is 16.5 Å². The molecule has 8 heteroatoms. The number of H-pyrrole nitrogens is 1. The standard InChI is InChI=1S/C16H17N5O2S/c1-10(22)18-11-5-6-12(13(8-11)23-2)17-9-15-19-16(21-20-15)14-4-3-7-24-14/h3-8,17H,9H2,1-2H3,(H,18,22)(H,19,20,21). The first-order chi connectivity index (χ1) is 11.7. The number of nitrogens with one attached hydrogen (secondary N) is 3. The first-order valence-electron chi connectivity index (χ1n) is 7.30. The van der Waals surface area contributed by atoms with Crippen LogP contribution in [-0.2, 0) is 11.3 Å². The summed E-state index contributed by atoms with van der Waals surface area (Å²) in [6.07, 6.45) is 0. The molecule has 0 saturated carbocycles. The summed E-state index contributed by atoms with van der Waals surface area (Å²) in [5, 5.41) is 15.1. The number of benzene rings is 1. The van der Waals surface area contributed by atoms with Gasteiger partial charge in [-0.2, -0.15) is 5.10 Å².